The Hall–Kier alpha value is -2.34. The number of hydrogen-bond acceptors (Lipinski definition) is 0. The molecule has 0 aromatic heterocycles. The van der Waals surface area contributed by atoms with Gasteiger partial charge in [-0.2, -0.15) is 0 Å². The number of allylic oxidation sites excluding steroid dienone is 1. The maximum absolute atomic E-state index is 2.34. The molecule has 4 rings (SSSR count). The van der Waals surface area contributed by atoms with Crippen molar-refractivity contribution in [2.75, 3.05) is 0 Å². The van der Waals surface area contributed by atoms with Gasteiger partial charge in [0.15, 0.2) is 0 Å². The van der Waals surface area contributed by atoms with Crippen LogP contribution >= 0.6 is 0 Å². The van der Waals surface area contributed by atoms with Crippen LogP contribution in [0.3, 0.4) is 0 Å². The summed E-state index contributed by atoms with van der Waals surface area (Å²) in [5.41, 5.74) is 8.50. The first-order valence-corrected chi connectivity index (χ1v) is 7.52. The van der Waals surface area contributed by atoms with Crippen molar-refractivity contribution < 1.29 is 0 Å². The van der Waals surface area contributed by atoms with Gasteiger partial charge >= 0.3 is 0 Å². The van der Waals surface area contributed by atoms with Gasteiger partial charge in [0.2, 0.25) is 0 Å². The van der Waals surface area contributed by atoms with Crippen molar-refractivity contribution in [1.82, 2.24) is 0 Å². The van der Waals surface area contributed by atoms with Gasteiger partial charge < -0.3 is 0 Å². The summed E-state index contributed by atoms with van der Waals surface area (Å²) in [5.74, 6) is 0. The van der Waals surface area contributed by atoms with Crippen molar-refractivity contribution in [1.29, 1.82) is 0 Å². The second-order valence-electron chi connectivity index (χ2n) is 6.02. The van der Waals surface area contributed by atoms with E-state index in [1.807, 2.05) is 0 Å². The van der Waals surface area contributed by atoms with E-state index >= 15 is 0 Å². The summed E-state index contributed by atoms with van der Waals surface area (Å²) in [6, 6.07) is 22.1. The molecule has 0 N–H and O–H groups in total. The van der Waals surface area contributed by atoms with E-state index in [0.29, 0.717) is 0 Å². The third-order valence-electron chi connectivity index (χ3n) is 4.48. The van der Waals surface area contributed by atoms with Gasteiger partial charge in [0.25, 0.3) is 0 Å². The molecule has 3 aromatic carbocycles. The van der Waals surface area contributed by atoms with Crippen molar-refractivity contribution in [3.63, 3.8) is 0 Å². The molecule has 0 aliphatic heterocycles. The summed E-state index contributed by atoms with van der Waals surface area (Å²) >= 11 is 0. The van der Waals surface area contributed by atoms with Gasteiger partial charge in [-0.3, -0.25) is 0 Å². The Morgan fingerprint density at radius 3 is 2.48 bits per heavy atom. The zero-order valence-corrected chi connectivity index (χ0v) is 12.5. The minimum absolute atomic E-state index is 1.08. The Morgan fingerprint density at radius 2 is 1.57 bits per heavy atom. The summed E-state index contributed by atoms with van der Waals surface area (Å²) in [6.07, 6.45) is 1.08. The van der Waals surface area contributed by atoms with Gasteiger partial charge in [-0.25, -0.2) is 0 Å². The first kappa shape index (κ1) is 12.4. The van der Waals surface area contributed by atoms with Crippen LogP contribution in [0.25, 0.3) is 16.3 Å². The van der Waals surface area contributed by atoms with Crippen molar-refractivity contribution in [2.45, 2.75) is 20.3 Å². The van der Waals surface area contributed by atoms with Crippen LogP contribution in [0.4, 0.5) is 0 Å². The lowest BCUT2D eigenvalue weighted by molar-refractivity contribution is 1.19. The molecule has 0 fully saturated rings. The van der Waals surface area contributed by atoms with Gasteiger partial charge in [-0.15, -0.1) is 0 Å². The van der Waals surface area contributed by atoms with E-state index in [4.69, 9.17) is 0 Å². The molecule has 3 aromatic rings. The number of rotatable bonds is 1. The summed E-state index contributed by atoms with van der Waals surface area (Å²) in [5, 5.41) is 2.67. The molecule has 0 bridgehead atoms. The van der Waals surface area contributed by atoms with E-state index in [-0.39, 0.29) is 0 Å². The second-order valence-corrected chi connectivity index (χ2v) is 6.02. The third kappa shape index (κ3) is 1.91. The van der Waals surface area contributed by atoms with E-state index in [9.17, 15) is 0 Å². The monoisotopic (exact) mass is 270 g/mol. The zero-order chi connectivity index (χ0) is 14.4. The highest BCUT2D eigenvalue weighted by Crippen LogP contribution is 2.40. The van der Waals surface area contributed by atoms with Crippen molar-refractivity contribution in [2.24, 2.45) is 0 Å². The van der Waals surface area contributed by atoms with E-state index < -0.39 is 0 Å². The molecule has 1 aliphatic rings. The van der Waals surface area contributed by atoms with E-state index in [1.165, 1.54) is 44.2 Å². The van der Waals surface area contributed by atoms with Crippen LogP contribution in [0.2, 0.25) is 0 Å². The van der Waals surface area contributed by atoms with E-state index in [0.717, 1.165) is 6.42 Å². The molecule has 0 atom stereocenters. The van der Waals surface area contributed by atoms with Crippen LogP contribution in [-0.2, 0) is 6.42 Å². The standard InChI is InChI=1S/C21H18/c1-14-10-11-17-13-15(2)21(20(17)12-14)19-9-5-7-16-6-3-4-8-18(16)19/h3-12H,13H2,1-2H3. The highest BCUT2D eigenvalue weighted by atomic mass is 14.2. The molecule has 0 amide bonds. The molecular formula is C21H18. The lowest BCUT2D eigenvalue weighted by Crippen LogP contribution is -1.90. The first-order valence-electron chi connectivity index (χ1n) is 7.52. The summed E-state index contributed by atoms with van der Waals surface area (Å²) in [4.78, 5) is 0. The number of aryl methyl sites for hydroxylation is 1. The molecule has 0 spiro atoms. The molecule has 0 radical (unpaired) electrons. The van der Waals surface area contributed by atoms with E-state index in [2.05, 4.69) is 74.5 Å². The molecule has 102 valence electrons. The number of benzene rings is 3. The SMILES string of the molecule is CC1=C(c2cccc3ccccc23)c2cc(C)ccc2C1. The van der Waals surface area contributed by atoms with Crippen LogP contribution in [0.1, 0.15) is 29.2 Å². The van der Waals surface area contributed by atoms with Crippen molar-refractivity contribution in [3.05, 3.63) is 88.5 Å². The normalized spacial score (nSPS) is 13.8. The average Bonchev–Trinajstić information content (AvgIpc) is 2.82. The van der Waals surface area contributed by atoms with Crippen LogP contribution in [0, 0.1) is 6.92 Å². The lowest BCUT2D eigenvalue weighted by Gasteiger charge is -2.11. The Labute approximate surface area is 125 Å². The molecule has 0 unspecified atom stereocenters. The minimum atomic E-state index is 1.08. The maximum Gasteiger partial charge on any atom is -0.00543 e. The van der Waals surface area contributed by atoms with Crippen molar-refractivity contribution >= 4 is 16.3 Å². The highest BCUT2D eigenvalue weighted by Gasteiger charge is 2.21. The molecular weight excluding hydrogens is 252 g/mol. The fourth-order valence-corrected chi connectivity index (χ4v) is 3.50. The maximum atomic E-state index is 2.34. The molecule has 0 saturated carbocycles. The van der Waals surface area contributed by atoms with Gasteiger partial charge in [0.1, 0.15) is 0 Å². The predicted molar refractivity (Wildman–Crippen MR) is 90.5 cm³/mol. The van der Waals surface area contributed by atoms with Crippen molar-refractivity contribution in [3.8, 4) is 0 Å². The van der Waals surface area contributed by atoms with Crippen LogP contribution in [-0.4, -0.2) is 0 Å². The number of hydrogen-bond donors (Lipinski definition) is 0. The van der Waals surface area contributed by atoms with Gasteiger partial charge in [-0.05, 0) is 53.3 Å². The van der Waals surface area contributed by atoms with E-state index in [1.54, 1.807) is 0 Å². The molecule has 0 saturated heterocycles. The fraction of sp³-hybridized carbons (Fsp3) is 0.143. The first-order chi connectivity index (χ1) is 10.2. The Kier molecular flexibility index (Phi) is 2.71. The molecule has 0 heteroatoms. The summed E-state index contributed by atoms with van der Waals surface area (Å²) < 4.78 is 0. The zero-order valence-electron chi connectivity index (χ0n) is 12.5. The van der Waals surface area contributed by atoms with Crippen LogP contribution in [0.15, 0.2) is 66.2 Å². The fourth-order valence-electron chi connectivity index (χ4n) is 3.50. The smallest absolute Gasteiger partial charge is 0.00543 e. The number of fused-ring (bicyclic) bond motifs is 2. The minimum Gasteiger partial charge on any atom is -0.0616 e. The van der Waals surface area contributed by atoms with Crippen LogP contribution in [0.5, 0.6) is 0 Å². The van der Waals surface area contributed by atoms with Gasteiger partial charge in [0.05, 0.1) is 0 Å². The Bertz CT molecular complexity index is 876. The summed E-state index contributed by atoms with van der Waals surface area (Å²) in [7, 11) is 0. The van der Waals surface area contributed by atoms with Gasteiger partial charge in [0, 0.05) is 0 Å². The molecule has 1 aliphatic carbocycles. The average molecular weight is 270 g/mol. The second kappa shape index (κ2) is 4.60. The molecule has 21 heavy (non-hydrogen) atoms. The Morgan fingerprint density at radius 1 is 0.762 bits per heavy atom. The largest absolute Gasteiger partial charge is 0.0616 e. The Balaban J connectivity index is 2.02. The quantitative estimate of drug-likeness (QED) is 0.545. The van der Waals surface area contributed by atoms with Gasteiger partial charge in [-0.1, -0.05) is 71.8 Å². The molecule has 0 heterocycles. The molecule has 0 nitrogen and oxygen atoms in total. The summed E-state index contributed by atoms with van der Waals surface area (Å²) in [6.45, 7) is 4.45. The lowest BCUT2D eigenvalue weighted by atomic mass is 9.92. The predicted octanol–water partition coefficient (Wildman–Crippen LogP) is 5.53. The van der Waals surface area contributed by atoms with Crippen LogP contribution < -0.4 is 0 Å². The highest BCUT2D eigenvalue weighted by molar-refractivity contribution is 6.00. The topological polar surface area (TPSA) is 0 Å². The third-order valence-corrected chi connectivity index (χ3v) is 4.48.